The van der Waals surface area contributed by atoms with Gasteiger partial charge in [0.1, 0.15) is 0 Å². The van der Waals surface area contributed by atoms with Crippen molar-refractivity contribution in [2.24, 2.45) is 0 Å². The number of thiazole rings is 1. The van der Waals surface area contributed by atoms with Crippen molar-refractivity contribution in [1.82, 2.24) is 20.0 Å². The molecule has 2 aromatic heterocycles. The van der Waals surface area contributed by atoms with Crippen molar-refractivity contribution >= 4 is 17.2 Å². The molecule has 1 aliphatic heterocycles. The van der Waals surface area contributed by atoms with Gasteiger partial charge in [0.05, 0.1) is 17.1 Å². The topological polar surface area (TPSA) is 72.1 Å². The third kappa shape index (κ3) is 3.77. The minimum atomic E-state index is 0.132. The van der Waals surface area contributed by atoms with Crippen molar-refractivity contribution in [3.8, 4) is 0 Å². The molecule has 1 amide bonds. The first kappa shape index (κ1) is 16.1. The van der Waals surface area contributed by atoms with Gasteiger partial charge in [-0.25, -0.2) is 4.98 Å². The van der Waals surface area contributed by atoms with Crippen LogP contribution in [0.5, 0.6) is 0 Å². The zero-order valence-electron chi connectivity index (χ0n) is 13.8. The summed E-state index contributed by atoms with van der Waals surface area (Å²) in [5.41, 5.74) is 0.862. The maximum Gasteiger partial charge on any atom is 0.229 e. The summed E-state index contributed by atoms with van der Waals surface area (Å²) in [5, 5.41) is 7.07. The van der Waals surface area contributed by atoms with Crippen LogP contribution in [-0.4, -0.2) is 39.0 Å². The fourth-order valence-electron chi connectivity index (χ4n) is 2.82. The van der Waals surface area contributed by atoms with E-state index in [1.54, 1.807) is 11.3 Å². The van der Waals surface area contributed by atoms with E-state index < -0.39 is 0 Å². The molecule has 0 aromatic carbocycles. The van der Waals surface area contributed by atoms with E-state index in [-0.39, 0.29) is 17.7 Å². The van der Waals surface area contributed by atoms with E-state index in [1.807, 2.05) is 31.1 Å². The Morgan fingerprint density at radius 2 is 2.30 bits per heavy atom. The van der Waals surface area contributed by atoms with E-state index in [2.05, 4.69) is 15.1 Å². The minimum absolute atomic E-state index is 0.132. The van der Waals surface area contributed by atoms with Crippen molar-refractivity contribution in [2.75, 3.05) is 13.1 Å². The van der Waals surface area contributed by atoms with Gasteiger partial charge in [-0.05, 0) is 19.8 Å². The summed E-state index contributed by atoms with van der Waals surface area (Å²) in [7, 11) is 0. The number of aromatic nitrogens is 3. The first-order valence-electron chi connectivity index (χ1n) is 8.05. The van der Waals surface area contributed by atoms with Crippen LogP contribution in [0.15, 0.2) is 9.90 Å². The monoisotopic (exact) mass is 334 g/mol. The Balaban J connectivity index is 1.64. The lowest BCUT2D eigenvalue weighted by Gasteiger charge is -2.31. The predicted octanol–water partition coefficient (Wildman–Crippen LogP) is 2.91. The van der Waals surface area contributed by atoms with Gasteiger partial charge in [0.25, 0.3) is 0 Å². The largest absolute Gasteiger partial charge is 0.342 e. The van der Waals surface area contributed by atoms with Gasteiger partial charge >= 0.3 is 0 Å². The molecule has 0 N–H and O–H groups in total. The van der Waals surface area contributed by atoms with Gasteiger partial charge in [-0.1, -0.05) is 19.0 Å². The number of carbonyl (C=O) groups excluding carboxylic acids is 1. The molecule has 2 aromatic rings. The molecule has 3 rings (SSSR count). The van der Waals surface area contributed by atoms with Gasteiger partial charge < -0.3 is 9.42 Å². The molecule has 7 heteroatoms. The Hall–Kier alpha value is -1.76. The number of carbonyl (C=O) groups is 1. The molecule has 1 fully saturated rings. The highest BCUT2D eigenvalue weighted by Crippen LogP contribution is 2.26. The zero-order valence-corrected chi connectivity index (χ0v) is 14.6. The van der Waals surface area contributed by atoms with Crippen LogP contribution < -0.4 is 0 Å². The second-order valence-corrected chi connectivity index (χ2v) is 7.42. The summed E-state index contributed by atoms with van der Waals surface area (Å²) in [4.78, 5) is 23.3. The Morgan fingerprint density at radius 1 is 1.48 bits per heavy atom. The summed E-state index contributed by atoms with van der Waals surface area (Å²) in [6.45, 7) is 7.48. The first-order valence-corrected chi connectivity index (χ1v) is 8.93. The fraction of sp³-hybridized carbons (Fsp3) is 0.625. The van der Waals surface area contributed by atoms with Gasteiger partial charge in [0.2, 0.25) is 11.8 Å². The standard InChI is InChI=1S/C16H22N4O2S/c1-10(2)16-18-15(19-22-16)12-5-4-6-20(8-12)14(21)7-13-9-23-11(3)17-13/h9-10,12H,4-8H2,1-3H3/t12-/m0/s1. The number of piperidine rings is 1. The Morgan fingerprint density at radius 3 is 2.96 bits per heavy atom. The molecule has 0 radical (unpaired) electrons. The van der Waals surface area contributed by atoms with E-state index in [1.165, 1.54) is 0 Å². The molecular formula is C16H22N4O2S. The lowest BCUT2D eigenvalue weighted by molar-refractivity contribution is -0.131. The number of hydrogen-bond acceptors (Lipinski definition) is 6. The number of aryl methyl sites for hydroxylation is 1. The Labute approximate surface area is 139 Å². The average molecular weight is 334 g/mol. The molecule has 124 valence electrons. The van der Waals surface area contributed by atoms with Crippen LogP contribution in [0.3, 0.4) is 0 Å². The van der Waals surface area contributed by atoms with Crippen molar-refractivity contribution in [3.63, 3.8) is 0 Å². The molecule has 3 heterocycles. The summed E-state index contributed by atoms with van der Waals surface area (Å²) in [5.74, 6) is 1.93. The van der Waals surface area contributed by atoms with Crippen LogP contribution >= 0.6 is 11.3 Å². The number of rotatable bonds is 4. The molecule has 6 nitrogen and oxygen atoms in total. The molecule has 0 spiro atoms. The molecule has 1 aliphatic rings. The summed E-state index contributed by atoms with van der Waals surface area (Å²) in [6.07, 6.45) is 2.34. The number of hydrogen-bond donors (Lipinski definition) is 0. The highest BCUT2D eigenvalue weighted by Gasteiger charge is 2.28. The van der Waals surface area contributed by atoms with E-state index in [0.29, 0.717) is 18.9 Å². The SMILES string of the molecule is Cc1nc(CC(=O)N2CCC[C@H](c3noc(C(C)C)n3)C2)cs1. The maximum atomic E-state index is 12.5. The zero-order chi connectivity index (χ0) is 16.4. The van der Waals surface area contributed by atoms with Gasteiger partial charge in [0, 0.05) is 30.3 Å². The number of amides is 1. The summed E-state index contributed by atoms with van der Waals surface area (Å²) in [6, 6.07) is 0. The van der Waals surface area contributed by atoms with Crippen LogP contribution in [0.4, 0.5) is 0 Å². The summed E-state index contributed by atoms with van der Waals surface area (Å²) < 4.78 is 5.30. The van der Waals surface area contributed by atoms with Crippen LogP contribution in [0, 0.1) is 6.92 Å². The molecule has 1 saturated heterocycles. The third-order valence-electron chi connectivity index (χ3n) is 4.09. The fourth-order valence-corrected chi connectivity index (χ4v) is 3.43. The van der Waals surface area contributed by atoms with Crippen LogP contribution in [0.25, 0.3) is 0 Å². The molecule has 23 heavy (non-hydrogen) atoms. The second-order valence-electron chi connectivity index (χ2n) is 6.36. The van der Waals surface area contributed by atoms with Gasteiger partial charge in [-0.2, -0.15) is 4.98 Å². The van der Waals surface area contributed by atoms with Crippen molar-refractivity contribution in [3.05, 3.63) is 27.8 Å². The lowest BCUT2D eigenvalue weighted by Crippen LogP contribution is -2.40. The maximum absolute atomic E-state index is 12.5. The predicted molar refractivity (Wildman–Crippen MR) is 87.5 cm³/mol. The Bertz CT molecular complexity index is 679. The van der Waals surface area contributed by atoms with Crippen molar-refractivity contribution < 1.29 is 9.32 Å². The highest BCUT2D eigenvalue weighted by molar-refractivity contribution is 7.09. The second kappa shape index (κ2) is 6.78. The minimum Gasteiger partial charge on any atom is -0.342 e. The summed E-state index contributed by atoms with van der Waals surface area (Å²) >= 11 is 1.58. The molecular weight excluding hydrogens is 312 g/mol. The number of nitrogens with zero attached hydrogens (tertiary/aromatic N) is 4. The smallest absolute Gasteiger partial charge is 0.229 e. The molecule has 0 bridgehead atoms. The van der Waals surface area contributed by atoms with E-state index in [9.17, 15) is 4.79 Å². The molecule has 1 atom stereocenters. The quantitative estimate of drug-likeness (QED) is 0.859. The van der Waals surface area contributed by atoms with Crippen molar-refractivity contribution in [2.45, 2.75) is 51.9 Å². The normalized spacial score (nSPS) is 18.6. The highest BCUT2D eigenvalue weighted by atomic mass is 32.1. The molecule has 0 unspecified atom stereocenters. The third-order valence-corrected chi connectivity index (χ3v) is 4.91. The van der Waals surface area contributed by atoms with E-state index in [4.69, 9.17) is 4.52 Å². The van der Waals surface area contributed by atoms with Crippen LogP contribution in [0.1, 0.15) is 60.9 Å². The van der Waals surface area contributed by atoms with E-state index in [0.717, 1.165) is 35.9 Å². The molecule has 0 saturated carbocycles. The van der Waals surface area contributed by atoms with Gasteiger partial charge in [-0.15, -0.1) is 11.3 Å². The first-order chi connectivity index (χ1) is 11.0. The van der Waals surface area contributed by atoms with Crippen molar-refractivity contribution in [1.29, 1.82) is 0 Å². The van der Waals surface area contributed by atoms with Gasteiger partial charge in [0.15, 0.2) is 5.82 Å². The number of likely N-dealkylation sites (tertiary alicyclic amines) is 1. The Kier molecular flexibility index (Phi) is 4.75. The lowest BCUT2D eigenvalue weighted by atomic mass is 9.97. The van der Waals surface area contributed by atoms with Crippen LogP contribution in [0.2, 0.25) is 0 Å². The average Bonchev–Trinajstić information content (AvgIpc) is 3.17. The van der Waals surface area contributed by atoms with Crippen LogP contribution in [-0.2, 0) is 11.2 Å². The van der Waals surface area contributed by atoms with E-state index >= 15 is 0 Å². The van der Waals surface area contributed by atoms with Gasteiger partial charge in [-0.3, -0.25) is 4.79 Å². The molecule has 0 aliphatic carbocycles.